The Morgan fingerprint density at radius 1 is 1.23 bits per heavy atom. The second-order valence-electron chi connectivity index (χ2n) is 14.0. The van der Waals surface area contributed by atoms with E-state index in [2.05, 4.69) is 41.6 Å². The third-order valence-electron chi connectivity index (χ3n) is 10.9. The van der Waals surface area contributed by atoms with Gasteiger partial charge < -0.3 is 24.8 Å². The average molecular weight is 675 g/mol. The standard InChI is InChI=1S/C35H43FN8O3S/c1-19-17-43(18-20(2)44(19)33(45)21(3)36)28-15-25(39-34(40-28)46-22(4)26-10-8-14-42(26)5)30-23-9-6-12-35(31(23)47-41-30)13-7-11-27-29(35)24(16-37)32(38)48-27/h15,19-20,22,26H,3,6-14,17-18,38H2,1-2,4-5H3/t19-,20-,22-,26-,35-/m0/s1. The van der Waals surface area contributed by atoms with E-state index in [9.17, 15) is 14.4 Å². The summed E-state index contributed by atoms with van der Waals surface area (Å²) in [5.74, 6) is -0.189. The van der Waals surface area contributed by atoms with Crippen LogP contribution >= 0.6 is 11.3 Å². The van der Waals surface area contributed by atoms with Gasteiger partial charge in [-0.25, -0.2) is 4.39 Å². The van der Waals surface area contributed by atoms with Crippen LogP contribution in [0.5, 0.6) is 6.01 Å². The van der Waals surface area contributed by atoms with E-state index in [0.717, 1.165) is 74.8 Å². The number of ether oxygens (including phenoxy) is 1. The molecule has 0 bridgehead atoms. The number of thiophene rings is 1. The molecule has 13 heteroatoms. The van der Waals surface area contributed by atoms with Gasteiger partial charge >= 0.3 is 6.01 Å². The molecule has 0 radical (unpaired) electrons. The van der Waals surface area contributed by atoms with Crippen molar-refractivity contribution in [1.82, 2.24) is 24.9 Å². The minimum absolute atomic E-state index is 0.146. The highest BCUT2D eigenvalue weighted by Gasteiger charge is 2.49. The molecule has 2 saturated heterocycles. The summed E-state index contributed by atoms with van der Waals surface area (Å²) in [6.07, 6.45) is 7.31. The van der Waals surface area contributed by atoms with Crippen LogP contribution < -0.4 is 15.4 Å². The number of likely N-dealkylation sites (N-methyl/N-ethyl adjacent to an activating group) is 1. The van der Waals surface area contributed by atoms with Crippen molar-refractivity contribution in [3.05, 3.63) is 45.8 Å². The Kier molecular flexibility index (Phi) is 8.44. The van der Waals surface area contributed by atoms with Gasteiger partial charge in [0.05, 0.1) is 11.0 Å². The highest BCUT2D eigenvalue weighted by atomic mass is 32.1. The van der Waals surface area contributed by atoms with Crippen LogP contribution in [0.1, 0.15) is 86.6 Å². The lowest BCUT2D eigenvalue weighted by Gasteiger charge is -2.44. The first-order valence-electron chi connectivity index (χ1n) is 17.0. The summed E-state index contributed by atoms with van der Waals surface area (Å²) in [7, 11) is 2.11. The fourth-order valence-corrected chi connectivity index (χ4v) is 9.98. The van der Waals surface area contributed by atoms with E-state index < -0.39 is 17.1 Å². The maximum Gasteiger partial charge on any atom is 0.319 e. The monoisotopic (exact) mass is 674 g/mol. The molecule has 0 aromatic carbocycles. The quantitative estimate of drug-likeness (QED) is 0.340. The molecule has 0 unspecified atom stereocenters. The summed E-state index contributed by atoms with van der Waals surface area (Å²) < 4.78 is 26.7. The maximum atomic E-state index is 13.9. The largest absolute Gasteiger partial charge is 0.459 e. The van der Waals surface area contributed by atoms with Crippen molar-refractivity contribution in [2.75, 3.05) is 37.3 Å². The number of nitrogens with zero attached hydrogens (tertiary/aromatic N) is 7. The molecule has 5 heterocycles. The molecule has 5 atom stereocenters. The van der Waals surface area contributed by atoms with E-state index in [0.29, 0.717) is 40.9 Å². The lowest BCUT2D eigenvalue weighted by Crippen LogP contribution is -2.59. The van der Waals surface area contributed by atoms with Gasteiger partial charge in [0.2, 0.25) is 0 Å². The molecule has 7 rings (SSSR count). The first-order valence-corrected chi connectivity index (χ1v) is 17.8. The number of nitrogen functional groups attached to an aromatic ring is 1. The number of carbonyl (C=O) groups excluding carboxylic acids is 1. The van der Waals surface area contributed by atoms with Crippen molar-refractivity contribution in [2.24, 2.45) is 0 Å². The fraction of sp³-hybridized carbons (Fsp3) is 0.571. The number of likely N-dealkylation sites (tertiary alicyclic amines) is 1. The first kappa shape index (κ1) is 32.5. The summed E-state index contributed by atoms with van der Waals surface area (Å²) in [4.78, 5) is 29.6. The third kappa shape index (κ3) is 5.33. The number of piperazine rings is 1. The number of amides is 1. The van der Waals surface area contributed by atoms with E-state index in [4.69, 9.17) is 25.0 Å². The highest BCUT2D eigenvalue weighted by Crippen LogP contribution is 2.55. The van der Waals surface area contributed by atoms with Crippen molar-refractivity contribution in [3.8, 4) is 23.5 Å². The number of nitrogens with two attached hydrogens (primary N) is 1. The minimum atomic E-state index is -0.960. The van der Waals surface area contributed by atoms with Crippen molar-refractivity contribution in [3.63, 3.8) is 0 Å². The van der Waals surface area contributed by atoms with Crippen molar-refractivity contribution in [2.45, 2.75) is 102 Å². The number of fused-ring (bicyclic) bond motifs is 4. The van der Waals surface area contributed by atoms with Crippen LogP contribution in [0.3, 0.4) is 0 Å². The van der Waals surface area contributed by atoms with E-state index in [-0.39, 0.29) is 30.2 Å². The van der Waals surface area contributed by atoms with Crippen LogP contribution in [0.4, 0.5) is 15.2 Å². The van der Waals surface area contributed by atoms with Gasteiger partial charge in [-0.3, -0.25) is 9.69 Å². The number of aromatic nitrogens is 3. The topological polar surface area (TPSA) is 138 Å². The third-order valence-corrected chi connectivity index (χ3v) is 12.0. The number of anilines is 2. The summed E-state index contributed by atoms with van der Waals surface area (Å²) in [5.41, 5.74) is 9.76. The summed E-state index contributed by atoms with van der Waals surface area (Å²) in [5, 5.41) is 15.4. The molecule has 11 nitrogen and oxygen atoms in total. The second-order valence-corrected chi connectivity index (χ2v) is 15.1. The zero-order chi connectivity index (χ0) is 33.9. The normalized spacial score (nSPS) is 26.2. The van der Waals surface area contributed by atoms with Gasteiger partial charge in [0.25, 0.3) is 5.91 Å². The van der Waals surface area contributed by atoms with Crippen LogP contribution in [0.25, 0.3) is 11.4 Å². The molecule has 2 aliphatic heterocycles. The number of carbonyl (C=O) groups is 1. The van der Waals surface area contributed by atoms with Crippen LogP contribution in [-0.4, -0.2) is 81.7 Å². The number of aryl methyl sites for hydroxylation is 1. The Morgan fingerprint density at radius 2 is 1.96 bits per heavy atom. The van der Waals surface area contributed by atoms with Crippen LogP contribution in [0, 0.1) is 11.3 Å². The SMILES string of the molecule is C=C(F)C(=O)N1[C@@H](C)CN(c2cc(-c3noc4c3CCC[C@@]43CCCc4sc(N)c(C#N)c43)nc(O[C@@H](C)[C@@H]3CCCN3C)n2)C[C@@H]1C. The fourth-order valence-electron chi connectivity index (χ4n) is 8.82. The number of hydrogen-bond acceptors (Lipinski definition) is 11. The van der Waals surface area contributed by atoms with Gasteiger partial charge in [-0.1, -0.05) is 11.7 Å². The summed E-state index contributed by atoms with van der Waals surface area (Å²) >= 11 is 1.52. The number of rotatable bonds is 6. The van der Waals surface area contributed by atoms with E-state index in [1.807, 2.05) is 19.9 Å². The van der Waals surface area contributed by atoms with Gasteiger partial charge in [-0.05, 0) is 91.3 Å². The van der Waals surface area contributed by atoms with Crippen molar-refractivity contribution >= 4 is 28.1 Å². The van der Waals surface area contributed by atoms with Gasteiger partial charge in [0.1, 0.15) is 34.4 Å². The van der Waals surface area contributed by atoms with Gasteiger partial charge in [-0.15, -0.1) is 11.3 Å². The lowest BCUT2D eigenvalue weighted by molar-refractivity contribution is -0.133. The molecule has 254 valence electrons. The Hall–Kier alpha value is -4.02. The second kappa shape index (κ2) is 12.5. The van der Waals surface area contributed by atoms with Gasteiger partial charge in [-0.2, -0.15) is 15.2 Å². The van der Waals surface area contributed by atoms with Gasteiger partial charge in [0.15, 0.2) is 11.6 Å². The molecular weight excluding hydrogens is 632 g/mol. The first-order chi connectivity index (χ1) is 23.0. The molecule has 2 fully saturated rings. The number of nitriles is 1. The number of halogens is 1. The lowest BCUT2D eigenvalue weighted by atomic mass is 9.63. The Morgan fingerprint density at radius 3 is 2.62 bits per heavy atom. The molecule has 2 aliphatic carbocycles. The zero-order valence-electron chi connectivity index (χ0n) is 28.1. The van der Waals surface area contributed by atoms with E-state index in [1.165, 1.54) is 16.2 Å². The molecular formula is C35H43FN8O3S. The highest BCUT2D eigenvalue weighted by molar-refractivity contribution is 7.16. The van der Waals surface area contributed by atoms with Gasteiger partial charge in [0, 0.05) is 47.7 Å². The van der Waals surface area contributed by atoms with Crippen LogP contribution in [0.2, 0.25) is 0 Å². The zero-order valence-corrected chi connectivity index (χ0v) is 28.9. The van der Waals surface area contributed by atoms with Crippen LogP contribution in [-0.2, 0) is 23.1 Å². The van der Waals surface area contributed by atoms with Crippen molar-refractivity contribution in [1.29, 1.82) is 5.26 Å². The Bertz CT molecular complexity index is 1780. The molecule has 2 N–H and O–H groups in total. The molecule has 1 spiro atoms. The molecule has 1 amide bonds. The molecule has 48 heavy (non-hydrogen) atoms. The average Bonchev–Trinajstić information content (AvgIpc) is 3.77. The molecule has 0 saturated carbocycles. The van der Waals surface area contributed by atoms with Crippen LogP contribution in [0.15, 0.2) is 23.0 Å². The molecule has 3 aromatic rings. The smallest absolute Gasteiger partial charge is 0.319 e. The predicted molar refractivity (Wildman–Crippen MR) is 182 cm³/mol. The van der Waals surface area contributed by atoms with E-state index in [1.54, 1.807) is 4.90 Å². The van der Waals surface area contributed by atoms with E-state index >= 15 is 0 Å². The Balaban J connectivity index is 1.29. The summed E-state index contributed by atoms with van der Waals surface area (Å²) in [6, 6.07) is 4.24. The number of hydrogen-bond donors (Lipinski definition) is 1. The van der Waals surface area contributed by atoms with Crippen molar-refractivity contribution < 1.29 is 18.4 Å². The molecule has 4 aliphatic rings. The minimum Gasteiger partial charge on any atom is -0.459 e. The Labute approximate surface area is 284 Å². The maximum absolute atomic E-state index is 13.9. The predicted octanol–water partition coefficient (Wildman–Crippen LogP) is 5.38. The summed E-state index contributed by atoms with van der Waals surface area (Å²) in [6.45, 7) is 11.0. The molecule has 3 aromatic heterocycles.